The first-order chi connectivity index (χ1) is 10.3. The van der Waals surface area contributed by atoms with E-state index < -0.39 is 10.3 Å². The molecule has 1 unspecified atom stereocenters. The molecule has 1 heterocycles. The maximum atomic E-state index is 10.7. The van der Waals surface area contributed by atoms with Gasteiger partial charge in [0, 0.05) is 24.6 Å². The highest BCUT2D eigenvalue weighted by atomic mass is 16.6. The number of hydrogen-bond acceptors (Lipinski definition) is 6. The lowest BCUT2D eigenvalue weighted by molar-refractivity contribution is -0.384. The van der Waals surface area contributed by atoms with E-state index in [1.54, 1.807) is 12.1 Å². The van der Waals surface area contributed by atoms with Crippen LogP contribution in [0.5, 0.6) is 0 Å². The van der Waals surface area contributed by atoms with Crippen LogP contribution >= 0.6 is 0 Å². The number of nitro benzene ring substituents is 1. The number of likely N-dealkylation sites (N-methyl/N-ethyl adjacent to an activating group) is 1. The van der Waals surface area contributed by atoms with Crippen molar-refractivity contribution in [3.05, 3.63) is 51.7 Å². The van der Waals surface area contributed by atoms with Gasteiger partial charge in [-0.05, 0) is 33.4 Å². The topological polar surface area (TPSA) is 94.1 Å². The SMILES string of the molecule is CNC(C)Cc1noc(C(C)(C)c2ccc([N+](=O)[O-])cc2)n1. The van der Waals surface area contributed by atoms with Crippen LogP contribution in [0, 0.1) is 10.1 Å². The van der Waals surface area contributed by atoms with Crippen molar-refractivity contribution in [2.45, 2.75) is 38.6 Å². The van der Waals surface area contributed by atoms with Gasteiger partial charge in [0.1, 0.15) is 0 Å². The second-order valence-corrected chi connectivity index (χ2v) is 5.84. The van der Waals surface area contributed by atoms with Gasteiger partial charge in [0.2, 0.25) is 5.89 Å². The Kier molecular flexibility index (Phi) is 4.56. The molecular weight excluding hydrogens is 284 g/mol. The largest absolute Gasteiger partial charge is 0.338 e. The predicted octanol–water partition coefficient (Wildman–Crippen LogP) is 2.45. The number of hydrogen-bond donors (Lipinski definition) is 1. The van der Waals surface area contributed by atoms with E-state index >= 15 is 0 Å². The summed E-state index contributed by atoms with van der Waals surface area (Å²) in [5, 5.41) is 17.9. The molecular formula is C15H20N4O3. The molecule has 0 aliphatic rings. The Morgan fingerprint density at radius 1 is 1.36 bits per heavy atom. The molecule has 1 N–H and O–H groups in total. The van der Waals surface area contributed by atoms with Crippen molar-refractivity contribution in [2.75, 3.05) is 7.05 Å². The number of aromatic nitrogens is 2. The molecule has 0 saturated carbocycles. The lowest BCUT2D eigenvalue weighted by atomic mass is 9.84. The van der Waals surface area contributed by atoms with Gasteiger partial charge in [-0.15, -0.1) is 0 Å². The van der Waals surface area contributed by atoms with E-state index in [9.17, 15) is 10.1 Å². The average Bonchev–Trinajstić information content (AvgIpc) is 2.96. The number of nitro groups is 1. The second kappa shape index (κ2) is 6.23. The monoisotopic (exact) mass is 304 g/mol. The maximum Gasteiger partial charge on any atom is 0.269 e. The molecule has 7 nitrogen and oxygen atoms in total. The summed E-state index contributed by atoms with van der Waals surface area (Å²) < 4.78 is 5.38. The van der Waals surface area contributed by atoms with Crippen molar-refractivity contribution in [1.29, 1.82) is 0 Å². The Hall–Kier alpha value is -2.28. The number of non-ortho nitro benzene ring substituents is 1. The van der Waals surface area contributed by atoms with E-state index in [2.05, 4.69) is 15.5 Å². The Bertz CT molecular complexity index is 649. The summed E-state index contributed by atoms with van der Waals surface area (Å²) in [7, 11) is 1.88. The molecule has 2 aromatic rings. The molecule has 0 fully saturated rings. The number of nitrogens with zero attached hydrogens (tertiary/aromatic N) is 3. The van der Waals surface area contributed by atoms with Crippen LogP contribution in [0.15, 0.2) is 28.8 Å². The Morgan fingerprint density at radius 3 is 2.55 bits per heavy atom. The third kappa shape index (κ3) is 3.30. The molecule has 2 rings (SSSR count). The molecule has 7 heteroatoms. The van der Waals surface area contributed by atoms with Crippen molar-refractivity contribution in [2.24, 2.45) is 0 Å². The number of benzene rings is 1. The smallest absolute Gasteiger partial charge is 0.269 e. The number of nitrogens with one attached hydrogen (secondary N) is 1. The Balaban J connectivity index is 2.24. The van der Waals surface area contributed by atoms with Crippen molar-refractivity contribution in [1.82, 2.24) is 15.5 Å². The van der Waals surface area contributed by atoms with Crippen LogP contribution in [0.25, 0.3) is 0 Å². The summed E-state index contributed by atoms with van der Waals surface area (Å²) in [5.74, 6) is 1.14. The molecule has 0 aliphatic carbocycles. The summed E-state index contributed by atoms with van der Waals surface area (Å²) >= 11 is 0. The molecule has 0 bridgehead atoms. The zero-order valence-corrected chi connectivity index (χ0v) is 13.2. The van der Waals surface area contributed by atoms with Crippen molar-refractivity contribution in [3.63, 3.8) is 0 Å². The molecule has 1 atom stereocenters. The van der Waals surface area contributed by atoms with Crippen LogP contribution in [0.2, 0.25) is 0 Å². The van der Waals surface area contributed by atoms with Gasteiger partial charge < -0.3 is 9.84 Å². The fourth-order valence-corrected chi connectivity index (χ4v) is 2.09. The van der Waals surface area contributed by atoms with Gasteiger partial charge in [-0.25, -0.2) is 0 Å². The van der Waals surface area contributed by atoms with E-state index in [4.69, 9.17) is 4.52 Å². The van der Waals surface area contributed by atoms with Crippen LogP contribution in [0.1, 0.15) is 38.0 Å². The Morgan fingerprint density at radius 2 is 2.00 bits per heavy atom. The summed E-state index contributed by atoms with van der Waals surface area (Å²) in [6.45, 7) is 5.94. The first-order valence-corrected chi connectivity index (χ1v) is 7.10. The summed E-state index contributed by atoms with van der Waals surface area (Å²) in [5.41, 5.74) is 0.437. The van der Waals surface area contributed by atoms with Crippen LogP contribution in [-0.4, -0.2) is 28.2 Å². The molecule has 0 radical (unpaired) electrons. The molecule has 1 aromatic carbocycles. The highest BCUT2D eigenvalue weighted by Crippen LogP contribution is 2.31. The normalized spacial score (nSPS) is 13.1. The van der Waals surface area contributed by atoms with Gasteiger partial charge >= 0.3 is 0 Å². The van der Waals surface area contributed by atoms with E-state index in [-0.39, 0.29) is 11.7 Å². The minimum absolute atomic E-state index is 0.0635. The quantitative estimate of drug-likeness (QED) is 0.650. The first-order valence-electron chi connectivity index (χ1n) is 7.10. The summed E-state index contributed by atoms with van der Waals surface area (Å²) in [6, 6.07) is 6.67. The fraction of sp³-hybridized carbons (Fsp3) is 0.467. The summed E-state index contributed by atoms with van der Waals surface area (Å²) in [4.78, 5) is 14.8. The van der Waals surface area contributed by atoms with Gasteiger partial charge in [-0.3, -0.25) is 10.1 Å². The van der Waals surface area contributed by atoms with E-state index in [1.165, 1.54) is 12.1 Å². The van der Waals surface area contributed by atoms with Gasteiger partial charge in [-0.2, -0.15) is 4.98 Å². The van der Waals surface area contributed by atoms with Crippen LogP contribution in [0.3, 0.4) is 0 Å². The minimum Gasteiger partial charge on any atom is -0.338 e. The molecule has 22 heavy (non-hydrogen) atoms. The lowest BCUT2D eigenvalue weighted by Crippen LogP contribution is -2.24. The average molecular weight is 304 g/mol. The maximum absolute atomic E-state index is 10.7. The van der Waals surface area contributed by atoms with Gasteiger partial charge in [0.05, 0.1) is 10.3 Å². The highest BCUT2D eigenvalue weighted by molar-refractivity contribution is 5.38. The van der Waals surface area contributed by atoms with E-state index in [0.717, 1.165) is 5.56 Å². The molecule has 0 spiro atoms. The first kappa shape index (κ1) is 16.1. The molecule has 118 valence electrons. The predicted molar refractivity (Wildman–Crippen MR) is 81.7 cm³/mol. The van der Waals surface area contributed by atoms with Crippen molar-refractivity contribution < 1.29 is 9.45 Å². The standard InChI is InChI=1S/C15H20N4O3/c1-10(16-4)9-13-17-14(22-18-13)15(2,3)11-5-7-12(8-6-11)19(20)21/h5-8,10,16H,9H2,1-4H3. The van der Waals surface area contributed by atoms with E-state index in [0.29, 0.717) is 18.1 Å². The summed E-state index contributed by atoms with van der Waals surface area (Å²) in [6.07, 6.45) is 0.677. The van der Waals surface area contributed by atoms with Crippen LogP contribution in [-0.2, 0) is 11.8 Å². The molecule has 0 aliphatic heterocycles. The molecule has 1 aromatic heterocycles. The van der Waals surface area contributed by atoms with Gasteiger partial charge in [-0.1, -0.05) is 17.3 Å². The third-order valence-electron chi connectivity index (χ3n) is 3.78. The Labute approximate surface area is 128 Å². The zero-order chi connectivity index (χ0) is 16.3. The second-order valence-electron chi connectivity index (χ2n) is 5.84. The number of rotatable bonds is 6. The fourth-order valence-electron chi connectivity index (χ4n) is 2.09. The van der Waals surface area contributed by atoms with Crippen molar-refractivity contribution in [3.8, 4) is 0 Å². The van der Waals surface area contributed by atoms with Crippen molar-refractivity contribution >= 4 is 5.69 Å². The van der Waals surface area contributed by atoms with Crippen LogP contribution in [0.4, 0.5) is 5.69 Å². The van der Waals surface area contributed by atoms with E-state index in [1.807, 2.05) is 27.8 Å². The molecule has 0 saturated heterocycles. The van der Waals surface area contributed by atoms with Crippen LogP contribution < -0.4 is 5.32 Å². The van der Waals surface area contributed by atoms with Gasteiger partial charge in [0.15, 0.2) is 5.82 Å². The lowest BCUT2D eigenvalue weighted by Gasteiger charge is -2.20. The zero-order valence-electron chi connectivity index (χ0n) is 13.2. The minimum atomic E-state index is -0.511. The molecule has 0 amide bonds. The highest BCUT2D eigenvalue weighted by Gasteiger charge is 2.30. The van der Waals surface area contributed by atoms with Gasteiger partial charge in [0.25, 0.3) is 5.69 Å². The third-order valence-corrected chi connectivity index (χ3v) is 3.78.